The zero-order valence-electron chi connectivity index (χ0n) is 10.3. The third kappa shape index (κ3) is 3.50. The molecule has 0 saturated heterocycles. The van der Waals surface area contributed by atoms with Gasteiger partial charge >= 0.3 is 0 Å². The molecule has 0 aromatic heterocycles. The predicted molar refractivity (Wildman–Crippen MR) is 71.8 cm³/mol. The van der Waals surface area contributed by atoms with Crippen LogP contribution in [0.1, 0.15) is 6.92 Å². The monoisotopic (exact) mass is 236 g/mol. The first-order valence-electron chi connectivity index (χ1n) is 5.43. The minimum absolute atomic E-state index is 0.371. The van der Waals surface area contributed by atoms with Crippen LogP contribution in [0.2, 0.25) is 26.2 Å². The lowest BCUT2D eigenvalue weighted by Gasteiger charge is -2.13. The Bertz CT molecular complexity index is 295. The first-order chi connectivity index (χ1) is 7.04. The summed E-state index contributed by atoms with van der Waals surface area (Å²) in [4.78, 5) is 0. The average Bonchev–Trinajstić information content (AvgIpc) is 2.17. The van der Waals surface area contributed by atoms with Gasteiger partial charge in [-0.2, -0.15) is 0 Å². The fraction of sp³-hybridized carbons (Fsp3) is 0.500. The summed E-state index contributed by atoms with van der Waals surface area (Å²) in [5.74, 6) is 1.06. The summed E-state index contributed by atoms with van der Waals surface area (Å²) in [7, 11) is -0.742. The SMILES string of the molecule is CCOc1cc([Si](C)C)cc([Si](C)C)c1. The maximum Gasteiger partial charge on any atom is 0.119 e. The van der Waals surface area contributed by atoms with Crippen LogP contribution < -0.4 is 15.1 Å². The van der Waals surface area contributed by atoms with Gasteiger partial charge in [-0.15, -0.1) is 0 Å². The van der Waals surface area contributed by atoms with Crippen LogP contribution in [0, 0.1) is 0 Å². The lowest BCUT2D eigenvalue weighted by molar-refractivity contribution is 0.341. The van der Waals surface area contributed by atoms with Gasteiger partial charge in [0.05, 0.1) is 24.2 Å². The van der Waals surface area contributed by atoms with Crippen LogP contribution >= 0.6 is 0 Å². The van der Waals surface area contributed by atoms with Gasteiger partial charge < -0.3 is 4.74 Å². The second-order valence-corrected chi connectivity index (χ2v) is 9.33. The second-order valence-electron chi connectivity index (χ2n) is 4.18. The minimum Gasteiger partial charge on any atom is -0.494 e. The van der Waals surface area contributed by atoms with Gasteiger partial charge in [-0.1, -0.05) is 42.6 Å². The summed E-state index contributed by atoms with van der Waals surface area (Å²) < 4.78 is 5.62. The number of ether oxygens (including phenoxy) is 1. The van der Waals surface area contributed by atoms with Crippen molar-refractivity contribution in [3.05, 3.63) is 18.2 Å². The van der Waals surface area contributed by atoms with Crippen LogP contribution in [-0.2, 0) is 0 Å². The van der Waals surface area contributed by atoms with Gasteiger partial charge in [-0.3, -0.25) is 0 Å². The highest BCUT2D eigenvalue weighted by molar-refractivity contribution is 6.74. The van der Waals surface area contributed by atoms with Crippen LogP contribution in [0.5, 0.6) is 5.75 Å². The molecule has 0 aliphatic rings. The molecular formula is C12H20OSi2. The molecule has 0 aliphatic heterocycles. The van der Waals surface area contributed by atoms with Crippen molar-refractivity contribution < 1.29 is 4.74 Å². The van der Waals surface area contributed by atoms with E-state index >= 15 is 0 Å². The van der Waals surface area contributed by atoms with Crippen molar-refractivity contribution in [3.8, 4) is 5.75 Å². The number of hydrogen-bond acceptors (Lipinski definition) is 1. The Morgan fingerprint density at radius 1 is 0.933 bits per heavy atom. The molecule has 0 saturated carbocycles. The lowest BCUT2D eigenvalue weighted by atomic mass is 10.3. The van der Waals surface area contributed by atoms with E-state index in [2.05, 4.69) is 44.4 Å². The summed E-state index contributed by atoms with van der Waals surface area (Å²) in [6, 6.07) is 6.81. The molecule has 0 unspecified atom stereocenters. The summed E-state index contributed by atoms with van der Waals surface area (Å²) in [6.45, 7) is 12.1. The highest BCUT2D eigenvalue weighted by atomic mass is 28.3. The summed E-state index contributed by atoms with van der Waals surface area (Å²) in [5.41, 5.74) is 0. The van der Waals surface area contributed by atoms with E-state index in [1.54, 1.807) is 0 Å². The molecular weight excluding hydrogens is 216 g/mol. The van der Waals surface area contributed by atoms with Crippen molar-refractivity contribution in [1.82, 2.24) is 0 Å². The van der Waals surface area contributed by atoms with E-state index in [4.69, 9.17) is 4.74 Å². The summed E-state index contributed by atoms with van der Waals surface area (Å²) in [6.07, 6.45) is 0. The fourth-order valence-corrected chi connectivity index (χ4v) is 3.32. The third-order valence-corrected chi connectivity index (χ3v) is 5.26. The Hall–Kier alpha value is -0.546. The maximum atomic E-state index is 5.62. The van der Waals surface area contributed by atoms with Crippen LogP contribution in [-0.4, -0.2) is 24.2 Å². The van der Waals surface area contributed by atoms with Gasteiger partial charge in [0.1, 0.15) is 5.75 Å². The molecule has 1 rings (SSSR count). The van der Waals surface area contributed by atoms with Crippen molar-refractivity contribution in [3.63, 3.8) is 0 Å². The molecule has 1 nitrogen and oxygen atoms in total. The zero-order chi connectivity index (χ0) is 11.4. The van der Waals surface area contributed by atoms with E-state index in [1.165, 1.54) is 10.4 Å². The second kappa shape index (κ2) is 5.51. The molecule has 3 heteroatoms. The van der Waals surface area contributed by atoms with Gasteiger partial charge in [0.2, 0.25) is 0 Å². The first kappa shape index (κ1) is 12.5. The Labute approximate surface area is 96.7 Å². The summed E-state index contributed by atoms with van der Waals surface area (Å²) in [5, 5.41) is 2.99. The van der Waals surface area contributed by atoms with Crippen molar-refractivity contribution in [1.29, 1.82) is 0 Å². The van der Waals surface area contributed by atoms with Crippen LogP contribution in [0.3, 0.4) is 0 Å². The van der Waals surface area contributed by atoms with E-state index in [0.717, 1.165) is 12.4 Å². The van der Waals surface area contributed by atoms with Crippen LogP contribution in [0.15, 0.2) is 18.2 Å². The minimum atomic E-state index is -0.371. The molecule has 1 aromatic rings. The van der Waals surface area contributed by atoms with E-state index in [9.17, 15) is 0 Å². The molecule has 0 fully saturated rings. The summed E-state index contributed by atoms with van der Waals surface area (Å²) >= 11 is 0. The smallest absolute Gasteiger partial charge is 0.119 e. The van der Waals surface area contributed by atoms with Gasteiger partial charge in [-0.05, 0) is 19.1 Å². The third-order valence-electron chi connectivity index (χ3n) is 2.37. The Kier molecular flexibility index (Phi) is 4.60. The van der Waals surface area contributed by atoms with Crippen LogP contribution in [0.4, 0.5) is 0 Å². The van der Waals surface area contributed by atoms with Gasteiger partial charge in [0.15, 0.2) is 0 Å². The average molecular weight is 236 g/mol. The highest BCUT2D eigenvalue weighted by Gasteiger charge is 2.09. The van der Waals surface area contributed by atoms with Crippen molar-refractivity contribution in [2.75, 3.05) is 6.61 Å². The van der Waals surface area contributed by atoms with Gasteiger partial charge in [0.25, 0.3) is 0 Å². The van der Waals surface area contributed by atoms with Gasteiger partial charge in [0, 0.05) is 0 Å². The molecule has 2 radical (unpaired) electrons. The predicted octanol–water partition coefficient (Wildman–Crippen LogP) is 2.01. The molecule has 0 heterocycles. The largest absolute Gasteiger partial charge is 0.494 e. The van der Waals surface area contributed by atoms with E-state index in [-0.39, 0.29) is 17.6 Å². The maximum absolute atomic E-state index is 5.62. The standard InChI is InChI=1S/C12H20OSi2/c1-6-13-10-7-11(14(2)3)9-12(8-10)15(4)5/h7-9H,6H2,1-5H3. The van der Waals surface area contributed by atoms with Crippen LogP contribution in [0.25, 0.3) is 0 Å². The van der Waals surface area contributed by atoms with E-state index in [0.29, 0.717) is 0 Å². The Morgan fingerprint density at radius 3 is 1.73 bits per heavy atom. The van der Waals surface area contributed by atoms with Gasteiger partial charge in [-0.25, -0.2) is 0 Å². The fourth-order valence-electron chi connectivity index (χ4n) is 1.43. The first-order valence-corrected chi connectivity index (χ1v) is 10.4. The molecule has 0 spiro atoms. The van der Waals surface area contributed by atoms with E-state index in [1.807, 2.05) is 6.92 Å². The van der Waals surface area contributed by atoms with Crippen molar-refractivity contribution in [2.24, 2.45) is 0 Å². The number of hydrogen-bond donors (Lipinski definition) is 0. The highest BCUT2D eigenvalue weighted by Crippen LogP contribution is 2.07. The number of rotatable bonds is 4. The molecule has 0 N–H and O–H groups in total. The molecule has 0 aliphatic carbocycles. The topological polar surface area (TPSA) is 9.23 Å². The molecule has 0 bridgehead atoms. The Balaban J connectivity index is 3.08. The van der Waals surface area contributed by atoms with Crippen molar-refractivity contribution >= 4 is 28.0 Å². The van der Waals surface area contributed by atoms with E-state index < -0.39 is 0 Å². The Morgan fingerprint density at radius 2 is 1.40 bits per heavy atom. The zero-order valence-corrected chi connectivity index (χ0v) is 12.3. The molecule has 1 aromatic carbocycles. The van der Waals surface area contributed by atoms with Crippen molar-refractivity contribution in [2.45, 2.75) is 33.1 Å². The number of benzene rings is 1. The lowest BCUT2D eigenvalue weighted by Crippen LogP contribution is -2.32. The molecule has 0 amide bonds. The quantitative estimate of drug-likeness (QED) is 0.727. The molecule has 15 heavy (non-hydrogen) atoms. The normalized spacial score (nSPS) is 11.1. The molecule has 0 atom stereocenters. The molecule has 82 valence electrons.